The number of rotatable bonds is 3. The summed E-state index contributed by atoms with van der Waals surface area (Å²) in [6.07, 6.45) is 1.36. The largest absolute Gasteiger partial charge is 0.318 e. The summed E-state index contributed by atoms with van der Waals surface area (Å²) in [7, 11) is 2.02. The Kier molecular flexibility index (Phi) is 2.90. The van der Waals surface area contributed by atoms with E-state index in [1.807, 2.05) is 7.05 Å². The van der Waals surface area contributed by atoms with Gasteiger partial charge in [-0.15, -0.1) is 0 Å². The van der Waals surface area contributed by atoms with Gasteiger partial charge in [-0.25, -0.2) is 0 Å². The van der Waals surface area contributed by atoms with Crippen molar-refractivity contribution in [2.45, 2.75) is 20.3 Å². The van der Waals surface area contributed by atoms with Gasteiger partial charge in [-0.3, -0.25) is 0 Å². The molecule has 66 valence electrons. The van der Waals surface area contributed by atoms with Crippen molar-refractivity contribution in [3.05, 3.63) is 0 Å². The first-order valence-corrected chi connectivity index (χ1v) is 4.51. The number of likely N-dealkylation sites (tertiary alicyclic amines) is 1. The summed E-state index contributed by atoms with van der Waals surface area (Å²) in [4.78, 5) is 2.54. The summed E-state index contributed by atoms with van der Waals surface area (Å²) in [5, 5.41) is 3.18. The predicted molar refractivity (Wildman–Crippen MR) is 48.8 cm³/mol. The molecule has 1 heterocycles. The molecule has 0 spiro atoms. The summed E-state index contributed by atoms with van der Waals surface area (Å²) < 4.78 is 0. The number of nitrogens with zero attached hydrogens (tertiary/aromatic N) is 1. The van der Waals surface area contributed by atoms with Crippen LogP contribution in [-0.4, -0.2) is 38.1 Å². The van der Waals surface area contributed by atoms with Gasteiger partial charge in [0, 0.05) is 19.6 Å². The van der Waals surface area contributed by atoms with E-state index in [0.717, 1.165) is 6.54 Å². The lowest BCUT2D eigenvalue weighted by Gasteiger charge is -2.19. The van der Waals surface area contributed by atoms with Gasteiger partial charge in [0.15, 0.2) is 0 Å². The zero-order chi connectivity index (χ0) is 8.32. The van der Waals surface area contributed by atoms with Gasteiger partial charge < -0.3 is 10.2 Å². The van der Waals surface area contributed by atoms with Crippen molar-refractivity contribution < 1.29 is 0 Å². The van der Waals surface area contributed by atoms with Gasteiger partial charge >= 0.3 is 0 Å². The second kappa shape index (κ2) is 3.55. The van der Waals surface area contributed by atoms with Crippen molar-refractivity contribution in [2.24, 2.45) is 5.41 Å². The maximum Gasteiger partial charge on any atom is 0.0107 e. The number of hydrogen-bond acceptors (Lipinski definition) is 2. The van der Waals surface area contributed by atoms with Gasteiger partial charge in [0.05, 0.1) is 0 Å². The molecule has 0 aromatic carbocycles. The molecular weight excluding hydrogens is 136 g/mol. The van der Waals surface area contributed by atoms with Crippen LogP contribution in [0.5, 0.6) is 0 Å². The van der Waals surface area contributed by atoms with Gasteiger partial charge in [-0.1, -0.05) is 13.8 Å². The summed E-state index contributed by atoms with van der Waals surface area (Å²) in [6.45, 7) is 9.60. The fourth-order valence-corrected chi connectivity index (χ4v) is 1.68. The number of likely N-dealkylation sites (N-methyl/N-ethyl adjacent to an activating group) is 1. The molecule has 0 atom stereocenters. The molecule has 1 rings (SSSR count). The summed E-state index contributed by atoms with van der Waals surface area (Å²) in [6, 6.07) is 0. The summed E-state index contributed by atoms with van der Waals surface area (Å²) in [5.41, 5.74) is 0.563. The second-order valence-corrected chi connectivity index (χ2v) is 4.29. The van der Waals surface area contributed by atoms with Gasteiger partial charge in [-0.05, 0) is 25.4 Å². The zero-order valence-corrected chi connectivity index (χ0v) is 7.98. The first-order chi connectivity index (χ1) is 5.14. The van der Waals surface area contributed by atoms with Crippen molar-refractivity contribution in [1.29, 1.82) is 0 Å². The summed E-state index contributed by atoms with van der Waals surface area (Å²) >= 11 is 0. The monoisotopic (exact) mass is 156 g/mol. The Bertz CT molecular complexity index is 121. The smallest absolute Gasteiger partial charge is 0.0107 e. The molecule has 1 fully saturated rings. The average Bonchev–Trinajstić information content (AvgIpc) is 2.26. The molecule has 1 N–H and O–H groups in total. The predicted octanol–water partition coefficient (Wildman–Crippen LogP) is 0.938. The molecule has 1 aliphatic rings. The third-order valence-electron chi connectivity index (χ3n) is 2.43. The Labute approximate surface area is 70.0 Å². The van der Waals surface area contributed by atoms with Gasteiger partial charge in [0.2, 0.25) is 0 Å². The van der Waals surface area contributed by atoms with Crippen molar-refractivity contribution in [3.8, 4) is 0 Å². The molecule has 0 amide bonds. The van der Waals surface area contributed by atoms with Crippen LogP contribution < -0.4 is 5.32 Å². The van der Waals surface area contributed by atoms with E-state index in [-0.39, 0.29) is 0 Å². The standard InChI is InChI=1S/C9H20N2/c1-9(2)4-6-11(8-9)7-5-10-3/h10H,4-8H2,1-3H3. The molecule has 2 heteroatoms. The lowest BCUT2D eigenvalue weighted by molar-refractivity contribution is 0.292. The molecule has 0 bridgehead atoms. The second-order valence-electron chi connectivity index (χ2n) is 4.29. The maximum absolute atomic E-state index is 3.18. The van der Waals surface area contributed by atoms with Crippen LogP contribution in [0.15, 0.2) is 0 Å². The molecule has 11 heavy (non-hydrogen) atoms. The van der Waals surface area contributed by atoms with E-state index in [9.17, 15) is 0 Å². The van der Waals surface area contributed by atoms with E-state index in [2.05, 4.69) is 24.1 Å². The molecule has 2 nitrogen and oxygen atoms in total. The van der Waals surface area contributed by atoms with Gasteiger partial charge in [-0.2, -0.15) is 0 Å². The Morgan fingerprint density at radius 2 is 2.18 bits per heavy atom. The van der Waals surface area contributed by atoms with E-state index in [0.29, 0.717) is 5.41 Å². The van der Waals surface area contributed by atoms with Crippen LogP contribution in [0.2, 0.25) is 0 Å². The van der Waals surface area contributed by atoms with Crippen LogP contribution in [0.3, 0.4) is 0 Å². The third kappa shape index (κ3) is 2.80. The topological polar surface area (TPSA) is 15.3 Å². The number of hydrogen-bond donors (Lipinski definition) is 1. The molecule has 0 radical (unpaired) electrons. The van der Waals surface area contributed by atoms with Crippen molar-refractivity contribution in [1.82, 2.24) is 10.2 Å². The Balaban J connectivity index is 2.20. The van der Waals surface area contributed by atoms with Crippen LogP contribution in [0.25, 0.3) is 0 Å². The maximum atomic E-state index is 3.18. The Hall–Kier alpha value is -0.0800. The average molecular weight is 156 g/mol. The van der Waals surface area contributed by atoms with Gasteiger partial charge in [0.1, 0.15) is 0 Å². The highest BCUT2D eigenvalue weighted by molar-refractivity contribution is 4.82. The van der Waals surface area contributed by atoms with Gasteiger partial charge in [0.25, 0.3) is 0 Å². The SMILES string of the molecule is CNCCN1CCC(C)(C)C1. The van der Waals surface area contributed by atoms with Crippen LogP contribution in [0, 0.1) is 5.41 Å². The highest BCUT2D eigenvalue weighted by atomic mass is 15.2. The van der Waals surface area contributed by atoms with Crippen molar-refractivity contribution >= 4 is 0 Å². The molecular formula is C9H20N2. The van der Waals surface area contributed by atoms with Crippen LogP contribution in [0.1, 0.15) is 20.3 Å². The van der Waals surface area contributed by atoms with E-state index in [4.69, 9.17) is 0 Å². The Morgan fingerprint density at radius 3 is 2.64 bits per heavy atom. The lowest BCUT2D eigenvalue weighted by atomic mass is 9.93. The fourth-order valence-electron chi connectivity index (χ4n) is 1.68. The van der Waals surface area contributed by atoms with E-state index >= 15 is 0 Å². The minimum atomic E-state index is 0.563. The van der Waals surface area contributed by atoms with E-state index in [1.54, 1.807) is 0 Å². The highest BCUT2D eigenvalue weighted by Gasteiger charge is 2.28. The third-order valence-corrected chi connectivity index (χ3v) is 2.43. The Morgan fingerprint density at radius 1 is 1.45 bits per heavy atom. The van der Waals surface area contributed by atoms with Crippen molar-refractivity contribution in [3.63, 3.8) is 0 Å². The lowest BCUT2D eigenvalue weighted by Crippen LogP contribution is -2.30. The molecule has 0 aromatic heterocycles. The molecule has 0 saturated carbocycles. The van der Waals surface area contributed by atoms with Crippen LogP contribution in [-0.2, 0) is 0 Å². The van der Waals surface area contributed by atoms with E-state index in [1.165, 1.54) is 26.1 Å². The minimum Gasteiger partial charge on any atom is -0.318 e. The molecule has 0 aliphatic carbocycles. The zero-order valence-electron chi connectivity index (χ0n) is 7.98. The summed E-state index contributed by atoms with van der Waals surface area (Å²) in [5.74, 6) is 0. The minimum absolute atomic E-state index is 0.563. The first-order valence-electron chi connectivity index (χ1n) is 4.51. The normalized spacial score (nSPS) is 24.3. The van der Waals surface area contributed by atoms with Crippen LogP contribution >= 0.6 is 0 Å². The molecule has 0 aromatic rings. The quantitative estimate of drug-likeness (QED) is 0.654. The molecule has 1 aliphatic heterocycles. The van der Waals surface area contributed by atoms with Crippen molar-refractivity contribution in [2.75, 3.05) is 33.2 Å². The fraction of sp³-hybridized carbons (Fsp3) is 1.00. The highest BCUT2D eigenvalue weighted by Crippen LogP contribution is 2.27. The van der Waals surface area contributed by atoms with Crippen LogP contribution in [0.4, 0.5) is 0 Å². The van der Waals surface area contributed by atoms with E-state index < -0.39 is 0 Å². The number of nitrogens with one attached hydrogen (secondary N) is 1. The first kappa shape index (κ1) is 9.01. The molecule has 1 saturated heterocycles. The molecule has 0 unspecified atom stereocenters.